The number of fused-ring (bicyclic) bond motifs is 3. The molecular formula is C21H26N6O3S2. The van der Waals surface area contributed by atoms with Crippen LogP contribution >= 0.6 is 23.1 Å². The van der Waals surface area contributed by atoms with E-state index < -0.39 is 17.5 Å². The molecule has 1 unspecified atom stereocenters. The zero-order valence-electron chi connectivity index (χ0n) is 17.9. The molecule has 4 amide bonds. The molecule has 2 aromatic rings. The summed E-state index contributed by atoms with van der Waals surface area (Å²) in [6.07, 6.45) is 7.20. The first-order valence-electron chi connectivity index (χ1n) is 11.0. The van der Waals surface area contributed by atoms with Crippen LogP contribution in [0.1, 0.15) is 55.9 Å². The Morgan fingerprint density at radius 3 is 2.88 bits per heavy atom. The van der Waals surface area contributed by atoms with Gasteiger partial charge in [-0.1, -0.05) is 37.9 Å². The number of carbonyl (C=O) groups is 3. The summed E-state index contributed by atoms with van der Waals surface area (Å²) in [6.45, 7) is 2.25. The normalized spacial score (nSPS) is 22.3. The van der Waals surface area contributed by atoms with Gasteiger partial charge in [-0.2, -0.15) is 5.01 Å². The lowest BCUT2D eigenvalue weighted by atomic mass is 9.82. The molecule has 0 bridgehead atoms. The minimum atomic E-state index is -0.867. The molecule has 2 aliphatic carbocycles. The van der Waals surface area contributed by atoms with Gasteiger partial charge in [0, 0.05) is 4.88 Å². The van der Waals surface area contributed by atoms with Gasteiger partial charge in [0.05, 0.1) is 11.1 Å². The summed E-state index contributed by atoms with van der Waals surface area (Å²) in [5.74, 6) is 0.226. The molecule has 1 saturated carbocycles. The van der Waals surface area contributed by atoms with E-state index in [1.807, 2.05) is 0 Å². The SMILES string of the molecule is CC1CCc2c(sc3nc(SCC(=O)NN4C(=O)NC5(CCCCC5)C4=O)nc(N)c23)C1. The Morgan fingerprint density at radius 2 is 2.09 bits per heavy atom. The van der Waals surface area contributed by atoms with E-state index >= 15 is 0 Å². The van der Waals surface area contributed by atoms with Crippen molar-refractivity contribution in [1.29, 1.82) is 0 Å². The van der Waals surface area contributed by atoms with Gasteiger partial charge in [0.1, 0.15) is 16.2 Å². The van der Waals surface area contributed by atoms with E-state index in [9.17, 15) is 14.4 Å². The van der Waals surface area contributed by atoms with Crippen molar-refractivity contribution in [3.05, 3.63) is 10.4 Å². The summed E-state index contributed by atoms with van der Waals surface area (Å²) in [7, 11) is 0. The number of aromatic nitrogens is 2. The lowest BCUT2D eigenvalue weighted by Gasteiger charge is -2.30. The number of hydrazine groups is 1. The number of nitrogen functional groups attached to an aromatic ring is 1. The van der Waals surface area contributed by atoms with Crippen molar-refractivity contribution in [2.24, 2.45) is 5.92 Å². The Morgan fingerprint density at radius 1 is 1.31 bits per heavy atom. The van der Waals surface area contributed by atoms with Crippen LogP contribution in [0.4, 0.5) is 10.6 Å². The molecule has 3 heterocycles. The number of anilines is 1. The lowest BCUT2D eigenvalue weighted by Crippen LogP contribution is -2.51. The molecule has 3 aliphatic rings. The Labute approximate surface area is 193 Å². The molecule has 170 valence electrons. The highest BCUT2D eigenvalue weighted by Gasteiger charge is 2.52. The van der Waals surface area contributed by atoms with E-state index in [-0.39, 0.29) is 11.7 Å². The molecule has 9 nitrogen and oxygen atoms in total. The first-order chi connectivity index (χ1) is 15.4. The van der Waals surface area contributed by atoms with Gasteiger partial charge < -0.3 is 11.1 Å². The van der Waals surface area contributed by atoms with Crippen LogP contribution in [0.5, 0.6) is 0 Å². The van der Waals surface area contributed by atoms with Crippen molar-refractivity contribution in [1.82, 2.24) is 25.7 Å². The van der Waals surface area contributed by atoms with E-state index in [4.69, 9.17) is 5.73 Å². The molecule has 32 heavy (non-hydrogen) atoms. The van der Waals surface area contributed by atoms with E-state index in [0.717, 1.165) is 65.5 Å². The largest absolute Gasteiger partial charge is 0.383 e. The number of nitrogens with zero attached hydrogens (tertiary/aromatic N) is 3. The highest BCUT2D eigenvalue weighted by atomic mass is 32.2. The monoisotopic (exact) mass is 474 g/mol. The van der Waals surface area contributed by atoms with Crippen LogP contribution in [0.15, 0.2) is 5.16 Å². The fourth-order valence-corrected chi connectivity index (χ4v) is 7.01. The van der Waals surface area contributed by atoms with Gasteiger partial charge in [0.15, 0.2) is 5.16 Å². The summed E-state index contributed by atoms with van der Waals surface area (Å²) in [5.41, 5.74) is 9.10. The van der Waals surface area contributed by atoms with Crippen LogP contribution in [0, 0.1) is 5.92 Å². The number of nitrogens with one attached hydrogen (secondary N) is 2. The van der Waals surface area contributed by atoms with Crippen molar-refractivity contribution in [3.63, 3.8) is 0 Å². The number of hydrogen-bond acceptors (Lipinski definition) is 8. The number of rotatable bonds is 4. The number of thiophene rings is 1. The Bertz CT molecular complexity index is 1110. The third-order valence-electron chi connectivity index (χ3n) is 6.60. The van der Waals surface area contributed by atoms with Gasteiger partial charge in [0.2, 0.25) is 5.91 Å². The number of carbonyl (C=O) groups excluding carboxylic acids is 3. The molecule has 1 spiro atoms. The second-order valence-electron chi connectivity index (χ2n) is 8.96. The third kappa shape index (κ3) is 3.71. The Hall–Kier alpha value is -2.40. The number of nitrogens with two attached hydrogens (primary N) is 1. The van der Waals surface area contributed by atoms with E-state index in [1.165, 1.54) is 10.4 Å². The number of thioether (sulfide) groups is 1. The zero-order valence-corrected chi connectivity index (χ0v) is 19.5. The van der Waals surface area contributed by atoms with Gasteiger partial charge in [-0.05, 0) is 43.6 Å². The first-order valence-corrected chi connectivity index (χ1v) is 12.8. The van der Waals surface area contributed by atoms with Crippen LogP contribution in [0.3, 0.4) is 0 Å². The molecule has 4 N–H and O–H groups in total. The minimum Gasteiger partial charge on any atom is -0.383 e. The van der Waals surface area contributed by atoms with Crippen molar-refractivity contribution in [2.45, 2.75) is 69.0 Å². The fourth-order valence-electron chi connectivity index (χ4n) is 4.92. The molecule has 11 heteroatoms. The highest BCUT2D eigenvalue weighted by molar-refractivity contribution is 7.99. The lowest BCUT2D eigenvalue weighted by molar-refractivity contribution is -0.139. The van der Waals surface area contributed by atoms with Crippen LogP contribution in [-0.4, -0.2) is 44.1 Å². The number of urea groups is 1. The molecular weight excluding hydrogens is 448 g/mol. The molecule has 5 rings (SSSR count). The summed E-state index contributed by atoms with van der Waals surface area (Å²) in [5, 5.41) is 4.96. The zero-order chi connectivity index (χ0) is 22.5. The first kappa shape index (κ1) is 21.4. The maximum atomic E-state index is 12.8. The van der Waals surface area contributed by atoms with E-state index in [2.05, 4.69) is 27.6 Å². The summed E-state index contributed by atoms with van der Waals surface area (Å²) in [6, 6.07) is -0.574. The third-order valence-corrected chi connectivity index (χ3v) is 8.60. The smallest absolute Gasteiger partial charge is 0.344 e. The Balaban J connectivity index is 1.25. The highest BCUT2D eigenvalue weighted by Crippen LogP contribution is 2.40. The molecule has 2 aromatic heterocycles. The van der Waals surface area contributed by atoms with Crippen LogP contribution in [0.2, 0.25) is 0 Å². The predicted molar refractivity (Wildman–Crippen MR) is 123 cm³/mol. The molecule has 2 fully saturated rings. The number of amides is 4. The molecule has 0 radical (unpaired) electrons. The van der Waals surface area contributed by atoms with Gasteiger partial charge in [-0.25, -0.2) is 14.8 Å². The summed E-state index contributed by atoms with van der Waals surface area (Å²) >= 11 is 2.79. The number of hydrogen-bond donors (Lipinski definition) is 3. The van der Waals surface area contributed by atoms with Crippen molar-refractivity contribution in [3.8, 4) is 0 Å². The Kier molecular flexibility index (Phi) is 5.48. The van der Waals surface area contributed by atoms with Gasteiger partial charge in [0.25, 0.3) is 5.91 Å². The minimum absolute atomic E-state index is 0.0306. The maximum absolute atomic E-state index is 12.8. The van der Waals surface area contributed by atoms with Gasteiger partial charge in [-0.15, -0.1) is 11.3 Å². The predicted octanol–water partition coefficient (Wildman–Crippen LogP) is 2.78. The van der Waals surface area contributed by atoms with E-state index in [1.54, 1.807) is 11.3 Å². The molecule has 1 atom stereocenters. The van der Waals surface area contributed by atoms with Crippen LogP contribution in [0.25, 0.3) is 10.2 Å². The average Bonchev–Trinajstić information content (AvgIpc) is 3.23. The summed E-state index contributed by atoms with van der Waals surface area (Å²) < 4.78 is 0. The second-order valence-corrected chi connectivity index (χ2v) is 11.0. The van der Waals surface area contributed by atoms with Gasteiger partial charge >= 0.3 is 6.03 Å². The topological polar surface area (TPSA) is 130 Å². The molecule has 1 aliphatic heterocycles. The number of imide groups is 1. The van der Waals surface area contributed by atoms with E-state index in [0.29, 0.717) is 29.7 Å². The average molecular weight is 475 g/mol. The van der Waals surface area contributed by atoms with Crippen molar-refractivity contribution < 1.29 is 14.4 Å². The molecule has 1 saturated heterocycles. The van der Waals surface area contributed by atoms with Gasteiger partial charge in [-0.3, -0.25) is 15.0 Å². The van der Waals surface area contributed by atoms with Crippen LogP contribution < -0.4 is 16.5 Å². The van der Waals surface area contributed by atoms with Crippen molar-refractivity contribution >= 4 is 57.0 Å². The maximum Gasteiger partial charge on any atom is 0.344 e. The quantitative estimate of drug-likeness (QED) is 0.353. The molecule has 0 aromatic carbocycles. The standard InChI is InChI=1S/C21H26N6O3S2/c1-11-5-6-12-13(9-11)32-17-15(12)16(22)23-19(24-17)31-10-14(28)26-27-18(29)21(25-20(27)30)7-3-2-4-8-21/h11H,2-10H2,1H3,(H,25,30)(H,26,28)(H2,22,23,24). The number of aryl methyl sites for hydroxylation is 1. The van der Waals surface area contributed by atoms with Crippen LogP contribution in [-0.2, 0) is 22.4 Å². The fraction of sp³-hybridized carbons (Fsp3) is 0.571. The van der Waals surface area contributed by atoms with Crippen molar-refractivity contribution in [2.75, 3.05) is 11.5 Å². The summed E-state index contributed by atoms with van der Waals surface area (Å²) in [4.78, 5) is 48.8. The second kappa shape index (κ2) is 8.18.